The summed E-state index contributed by atoms with van der Waals surface area (Å²) in [5.74, 6) is 1.93. The van der Waals surface area contributed by atoms with Crippen LogP contribution in [-0.4, -0.2) is 62.2 Å². The Morgan fingerprint density at radius 1 is 1.11 bits per heavy atom. The van der Waals surface area contributed by atoms with Crippen molar-refractivity contribution < 1.29 is 0 Å². The summed E-state index contributed by atoms with van der Waals surface area (Å²) in [6, 6.07) is 0.928. The van der Waals surface area contributed by atoms with Crippen LogP contribution in [0.15, 0.2) is 0 Å². The molecule has 0 aromatic heterocycles. The van der Waals surface area contributed by atoms with Gasteiger partial charge in [-0.3, -0.25) is 4.90 Å². The topological polar surface area (TPSA) is 18.5 Å². The smallest absolute Gasteiger partial charge is 0.0136 e. The van der Waals surface area contributed by atoms with E-state index in [0.717, 1.165) is 24.4 Å². The third kappa shape index (κ3) is 3.98. The minimum Gasteiger partial charge on any atom is -0.318 e. The van der Waals surface area contributed by atoms with Crippen LogP contribution < -0.4 is 5.32 Å². The number of hydrogen-bond donors (Lipinski definition) is 1. The van der Waals surface area contributed by atoms with Gasteiger partial charge < -0.3 is 10.2 Å². The van der Waals surface area contributed by atoms with Crippen LogP contribution in [0.25, 0.3) is 0 Å². The molecule has 3 saturated heterocycles. The van der Waals surface area contributed by atoms with Crippen LogP contribution >= 0.6 is 24.8 Å². The molecule has 0 amide bonds. The summed E-state index contributed by atoms with van der Waals surface area (Å²) in [5, 5.41) is 3.28. The van der Waals surface area contributed by atoms with E-state index in [2.05, 4.69) is 22.2 Å². The van der Waals surface area contributed by atoms with E-state index in [1.165, 1.54) is 58.4 Å². The summed E-state index contributed by atoms with van der Waals surface area (Å²) in [6.07, 6.45) is 5.90. The van der Waals surface area contributed by atoms with Crippen LogP contribution in [0.2, 0.25) is 0 Å². The predicted octanol–water partition coefficient (Wildman–Crippen LogP) is 1.86. The molecule has 3 rings (SSSR count). The lowest BCUT2D eigenvalue weighted by molar-refractivity contribution is -0.0296. The molecule has 3 fully saturated rings. The van der Waals surface area contributed by atoms with Gasteiger partial charge in [0.05, 0.1) is 0 Å². The van der Waals surface area contributed by atoms with Gasteiger partial charge in [-0.2, -0.15) is 0 Å². The zero-order valence-electron chi connectivity index (χ0n) is 12.0. The highest BCUT2D eigenvalue weighted by Gasteiger charge is 2.41. The molecule has 3 aliphatic rings. The molecule has 2 bridgehead atoms. The molecule has 0 aliphatic carbocycles. The molecule has 5 heteroatoms. The highest BCUT2D eigenvalue weighted by Crippen LogP contribution is 2.37. The lowest BCUT2D eigenvalue weighted by Crippen LogP contribution is -2.59. The van der Waals surface area contributed by atoms with Crippen LogP contribution in [0.5, 0.6) is 0 Å². The Kier molecular flexibility index (Phi) is 7.41. The van der Waals surface area contributed by atoms with Crippen molar-refractivity contribution in [3.8, 4) is 0 Å². The number of nitrogens with one attached hydrogen (secondary N) is 1. The summed E-state index contributed by atoms with van der Waals surface area (Å²) >= 11 is 0. The van der Waals surface area contributed by atoms with E-state index in [-0.39, 0.29) is 24.8 Å². The maximum absolute atomic E-state index is 3.28. The fourth-order valence-corrected chi connectivity index (χ4v) is 4.32. The maximum atomic E-state index is 3.28. The Hall–Kier alpha value is 0.460. The van der Waals surface area contributed by atoms with Gasteiger partial charge in [0.25, 0.3) is 0 Å². The van der Waals surface area contributed by atoms with Crippen LogP contribution in [0, 0.1) is 11.8 Å². The molecule has 0 aromatic carbocycles. The van der Waals surface area contributed by atoms with E-state index in [1.54, 1.807) is 0 Å². The van der Waals surface area contributed by atoms with Gasteiger partial charge in [0.1, 0.15) is 0 Å². The van der Waals surface area contributed by atoms with Crippen molar-refractivity contribution in [2.45, 2.75) is 31.7 Å². The van der Waals surface area contributed by atoms with E-state index in [0.29, 0.717) is 0 Å². The average Bonchev–Trinajstić information content (AvgIpc) is 2.36. The van der Waals surface area contributed by atoms with Gasteiger partial charge in [-0.25, -0.2) is 0 Å². The highest BCUT2D eigenvalue weighted by molar-refractivity contribution is 5.85. The Morgan fingerprint density at radius 2 is 1.95 bits per heavy atom. The summed E-state index contributed by atoms with van der Waals surface area (Å²) in [5.41, 5.74) is 0. The van der Waals surface area contributed by atoms with E-state index < -0.39 is 0 Å². The van der Waals surface area contributed by atoms with Gasteiger partial charge in [0.2, 0.25) is 0 Å². The quantitative estimate of drug-likeness (QED) is 0.858. The van der Waals surface area contributed by atoms with Gasteiger partial charge in [-0.05, 0) is 44.7 Å². The van der Waals surface area contributed by atoms with Crippen LogP contribution in [0.1, 0.15) is 25.7 Å². The zero-order chi connectivity index (χ0) is 11.7. The Morgan fingerprint density at radius 3 is 2.74 bits per heavy atom. The highest BCUT2D eigenvalue weighted by atomic mass is 35.5. The molecule has 0 spiro atoms. The van der Waals surface area contributed by atoms with Crippen molar-refractivity contribution in [2.75, 3.05) is 46.3 Å². The molecule has 1 N–H and O–H groups in total. The standard InChI is InChI=1S/C14H27N3.2ClH/c1-15-5-7-16-9-12-8-13(11-16)14-4-2-3-6-17(14)10-12;;/h12-15H,2-11H2,1H3;2*1H/t12-,13-,14-;;/m0../s1. The molecule has 0 saturated carbocycles. The third-order valence-corrected chi connectivity index (χ3v) is 5.02. The summed E-state index contributed by atoms with van der Waals surface area (Å²) in [7, 11) is 2.06. The summed E-state index contributed by atoms with van der Waals surface area (Å²) in [4.78, 5) is 5.53. The lowest BCUT2D eigenvalue weighted by Gasteiger charge is -2.52. The number of likely N-dealkylation sites (N-methyl/N-ethyl adjacent to an activating group) is 1. The first-order valence-electron chi connectivity index (χ1n) is 7.48. The largest absolute Gasteiger partial charge is 0.318 e. The third-order valence-electron chi connectivity index (χ3n) is 5.02. The first-order valence-corrected chi connectivity index (χ1v) is 7.48. The van der Waals surface area contributed by atoms with Crippen molar-refractivity contribution in [1.82, 2.24) is 15.1 Å². The van der Waals surface area contributed by atoms with Gasteiger partial charge in [0, 0.05) is 38.8 Å². The van der Waals surface area contributed by atoms with E-state index >= 15 is 0 Å². The van der Waals surface area contributed by atoms with Gasteiger partial charge in [-0.15, -0.1) is 24.8 Å². The number of nitrogens with zero attached hydrogens (tertiary/aromatic N) is 2. The number of rotatable bonds is 3. The molecule has 19 heavy (non-hydrogen) atoms. The molecule has 0 aromatic rings. The lowest BCUT2D eigenvalue weighted by atomic mass is 9.76. The van der Waals surface area contributed by atoms with Crippen molar-refractivity contribution in [1.29, 1.82) is 0 Å². The Labute approximate surface area is 130 Å². The van der Waals surface area contributed by atoms with E-state index in [1.807, 2.05) is 0 Å². The number of hydrogen-bond acceptors (Lipinski definition) is 3. The molecule has 3 heterocycles. The van der Waals surface area contributed by atoms with Crippen molar-refractivity contribution in [3.05, 3.63) is 0 Å². The van der Waals surface area contributed by atoms with Gasteiger partial charge in [0.15, 0.2) is 0 Å². The number of fused-ring (bicyclic) bond motifs is 4. The fraction of sp³-hybridized carbons (Fsp3) is 1.00. The molecule has 114 valence electrons. The molecule has 3 atom stereocenters. The molecular weight excluding hydrogens is 281 g/mol. The fourth-order valence-electron chi connectivity index (χ4n) is 4.32. The predicted molar refractivity (Wildman–Crippen MR) is 85.7 cm³/mol. The minimum absolute atomic E-state index is 0. The summed E-state index contributed by atoms with van der Waals surface area (Å²) < 4.78 is 0. The average molecular weight is 310 g/mol. The SMILES string of the molecule is CNCCN1C[C@@H]2C[C@@H](C1)[C@@H]1CCCCN1C2.Cl.Cl. The number of halogens is 2. The zero-order valence-corrected chi connectivity index (χ0v) is 13.6. The molecule has 3 nitrogen and oxygen atoms in total. The van der Waals surface area contributed by atoms with Gasteiger partial charge >= 0.3 is 0 Å². The minimum atomic E-state index is 0. The van der Waals surface area contributed by atoms with Crippen molar-refractivity contribution in [3.63, 3.8) is 0 Å². The second kappa shape index (κ2) is 8.04. The van der Waals surface area contributed by atoms with Crippen LogP contribution in [0.3, 0.4) is 0 Å². The normalized spacial score (nSPS) is 34.9. The van der Waals surface area contributed by atoms with Crippen molar-refractivity contribution >= 4 is 24.8 Å². The number of piperidine rings is 3. The second-order valence-electron chi connectivity index (χ2n) is 6.28. The van der Waals surface area contributed by atoms with Crippen molar-refractivity contribution in [2.24, 2.45) is 11.8 Å². The van der Waals surface area contributed by atoms with Crippen LogP contribution in [-0.2, 0) is 0 Å². The monoisotopic (exact) mass is 309 g/mol. The molecule has 0 radical (unpaired) electrons. The maximum Gasteiger partial charge on any atom is 0.0136 e. The molecular formula is C14H29Cl2N3. The van der Waals surface area contributed by atoms with E-state index in [4.69, 9.17) is 0 Å². The van der Waals surface area contributed by atoms with Crippen LogP contribution in [0.4, 0.5) is 0 Å². The first kappa shape index (κ1) is 17.5. The second-order valence-corrected chi connectivity index (χ2v) is 6.28. The Balaban J connectivity index is 0.000000902. The van der Waals surface area contributed by atoms with Gasteiger partial charge in [-0.1, -0.05) is 6.42 Å². The first-order chi connectivity index (χ1) is 8.36. The summed E-state index contributed by atoms with van der Waals surface area (Å²) in [6.45, 7) is 7.87. The molecule has 0 unspecified atom stereocenters. The van der Waals surface area contributed by atoms with E-state index in [9.17, 15) is 0 Å². The molecule has 3 aliphatic heterocycles. The Bertz CT molecular complexity index is 265. The number of likely N-dealkylation sites (tertiary alicyclic amines) is 1.